The molecule has 7 heteroatoms. The lowest BCUT2D eigenvalue weighted by Crippen LogP contribution is -2.55. The summed E-state index contributed by atoms with van der Waals surface area (Å²) in [5.74, 6) is 0.725. The number of hydrogen-bond donors (Lipinski definition) is 3. The van der Waals surface area contributed by atoms with Crippen molar-refractivity contribution in [3.63, 3.8) is 0 Å². The van der Waals surface area contributed by atoms with E-state index in [1.807, 2.05) is 26.0 Å². The molecular formula is C24H37N3O4. The van der Waals surface area contributed by atoms with Gasteiger partial charge >= 0.3 is 6.03 Å². The summed E-state index contributed by atoms with van der Waals surface area (Å²) in [6.45, 7) is 5.72. The molecule has 1 saturated carbocycles. The van der Waals surface area contributed by atoms with Crippen molar-refractivity contribution >= 4 is 11.9 Å². The van der Waals surface area contributed by atoms with Crippen molar-refractivity contribution < 1.29 is 19.1 Å². The second kappa shape index (κ2) is 10.8. The molecule has 0 spiro atoms. The maximum Gasteiger partial charge on any atom is 0.315 e. The fraction of sp³-hybridized carbons (Fsp3) is 0.667. The number of urea groups is 1. The Bertz CT molecular complexity index is 723. The predicted molar refractivity (Wildman–Crippen MR) is 120 cm³/mol. The van der Waals surface area contributed by atoms with Gasteiger partial charge in [-0.1, -0.05) is 38.8 Å². The van der Waals surface area contributed by atoms with Crippen molar-refractivity contribution in [1.29, 1.82) is 0 Å². The normalized spacial score (nSPS) is 19.6. The van der Waals surface area contributed by atoms with Gasteiger partial charge in [-0.15, -0.1) is 0 Å². The number of rotatable bonds is 8. The van der Waals surface area contributed by atoms with Gasteiger partial charge in [0, 0.05) is 31.2 Å². The smallest absolute Gasteiger partial charge is 0.315 e. The number of hydrogen-bond acceptors (Lipinski definition) is 4. The lowest BCUT2D eigenvalue weighted by molar-refractivity contribution is -0.124. The van der Waals surface area contributed by atoms with E-state index in [0.717, 1.165) is 49.8 Å². The lowest BCUT2D eigenvalue weighted by atomic mass is 9.74. The summed E-state index contributed by atoms with van der Waals surface area (Å²) in [4.78, 5) is 25.5. The molecule has 172 valence electrons. The van der Waals surface area contributed by atoms with Gasteiger partial charge in [0.1, 0.15) is 11.8 Å². The second-order valence-electron chi connectivity index (χ2n) is 9.16. The van der Waals surface area contributed by atoms with Crippen molar-refractivity contribution in [3.8, 4) is 5.75 Å². The SMILES string of the molecule is COc1ccc(C2(CNC(=O)N[C@H](C(=O)NC3CCCC3)C(C)C)CCOCC2)cc1. The van der Waals surface area contributed by atoms with E-state index >= 15 is 0 Å². The molecule has 0 aromatic heterocycles. The number of ether oxygens (including phenoxy) is 2. The zero-order chi connectivity index (χ0) is 22.3. The van der Waals surface area contributed by atoms with Crippen LogP contribution in [0.25, 0.3) is 0 Å². The van der Waals surface area contributed by atoms with Crippen molar-refractivity contribution in [1.82, 2.24) is 16.0 Å². The molecule has 2 aliphatic rings. The van der Waals surface area contributed by atoms with Gasteiger partial charge in [-0.2, -0.15) is 0 Å². The molecule has 1 aromatic rings. The topological polar surface area (TPSA) is 88.7 Å². The Morgan fingerprint density at radius 2 is 1.77 bits per heavy atom. The summed E-state index contributed by atoms with van der Waals surface area (Å²) in [5, 5.41) is 9.05. The lowest BCUT2D eigenvalue weighted by Gasteiger charge is -2.38. The summed E-state index contributed by atoms with van der Waals surface area (Å²) in [7, 11) is 1.65. The van der Waals surface area contributed by atoms with Gasteiger partial charge in [0.15, 0.2) is 0 Å². The van der Waals surface area contributed by atoms with Crippen LogP contribution in [0.15, 0.2) is 24.3 Å². The van der Waals surface area contributed by atoms with Crippen LogP contribution in [0.3, 0.4) is 0 Å². The summed E-state index contributed by atoms with van der Waals surface area (Å²) in [6.07, 6.45) is 6.01. The Kier molecular flexibility index (Phi) is 8.18. The first kappa shape index (κ1) is 23.4. The highest BCUT2D eigenvalue weighted by atomic mass is 16.5. The van der Waals surface area contributed by atoms with Crippen molar-refractivity contribution in [2.75, 3.05) is 26.9 Å². The van der Waals surface area contributed by atoms with Crippen LogP contribution in [0.4, 0.5) is 4.79 Å². The Morgan fingerprint density at radius 3 is 2.35 bits per heavy atom. The van der Waals surface area contributed by atoms with Gasteiger partial charge < -0.3 is 25.4 Å². The molecule has 1 atom stereocenters. The molecule has 3 amide bonds. The third kappa shape index (κ3) is 6.12. The summed E-state index contributed by atoms with van der Waals surface area (Å²) < 4.78 is 10.9. The zero-order valence-corrected chi connectivity index (χ0v) is 19.0. The highest BCUT2D eigenvalue weighted by Crippen LogP contribution is 2.35. The molecule has 1 aromatic carbocycles. The van der Waals surface area contributed by atoms with E-state index in [9.17, 15) is 9.59 Å². The van der Waals surface area contributed by atoms with E-state index in [1.54, 1.807) is 7.11 Å². The third-order valence-electron chi connectivity index (χ3n) is 6.68. The second-order valence-corrected chi connectivity index (χ2v) is 9.16. The van der Waals surface area contributed by atoms with Gasteiger partial charge in [0.25, 0.3) is 0 Å². The summed E-state index contributed by atoms with van der Waals surface area (Å²) in [5.41, 5.74) is 0.970. The number of nitrogens with one attached hydrogen (secondary N) is 3. The van der Waals surface area contributed by atoms with Gasteiger partial charge in [0.05, 0.1) is 7.11 Å². The molecule has 1 saturated heterocycles. The summed E-state index contributed by atoms with van der Waals surface area (Å²) in [6, 6.07) is 7.42. The predicted octanol–water partition coefficient (Wildman–Crippen LogP) is 3.13. The van der Waals surface area contributed by atoms with Gasteiger partial charge in [-0.05, 0) is 49.3 Å². The standard InChI is InChI=1S/C24H37N3O4/c1-17(2)21(22(28)26-19-6-4-5-7-19)27-23(29)25-16-24(12-14-31-15-13-24)18-8-10-20(30-3)11-9-18/h8-11,17,19,21H,4-7,12-16H2,1-3H3,(H,26,28)(H2,25,27,29)/t21-/m0/s1. The van der Waals surface area contributed by atoms with Crippen LogP contribution in [0.5, 0.6) is 5.75 Å². The van der Waals surface area contributed by atoms with E-state index in [1.165, 1.54) is 0 Å². The van der Waals surface area contributed by atoms with Crippen molar-refractivity contribution in [2.24, 2.45) is 5.92 Å². The van der Waals surface area contributed by atoms with Crippen LogP contribution < -0.4 is 20.7 Å². The maximum atomic E-state index is 12.8. The Morgan fingerprint density at radius 1 is 1.13 bits per heavy atom. The molecule has 0 radical (unpaired) electrons. The molecule has 3 rings (SSSR count). The Hall–Kier alpha value is -2.28. The fourth-order valence-electron chi connectivity index (χ4n) is 4.61. The van der Waals surface area contributed by atoms with Crippen molar-refractivity contribution in [2.45, 2.75) is 69.9 Å². The molecule has 1 aliphatic carbocycles. The number of methoxy groups -OCH3 is 1. The molecule has 7 nitrogen and oxygen atoms in total. The van der Waals surface area contributed by atoms with E-state index in [-0.39, 0.29) is 29.3 Å². The van der Waals surface area contributed by atoms with Crippen LogP contribution in [-0.4, -0.2) is 50.9 Å². The average Bonchev–Trinajstić information content (AvgIpc) is 3.29. The number of carbonyl (C=O) groups is 2. The highest BCUT2D eigenvalue weighted by molar-refractivity contribution is 5.87. The van der Waals surface area contributed by atoms with Crippen LogP contribution in [0.2, 0.25) is 0 Å². The zero-order valence-electron chi connectivity index (χ0n) is 19.0. The molecule has 1 aliphatic heterocycles. The third-order valence-corrected chi connectivity index (χ3v) is 6.68. The quantitative estimate of drug-likeness (QED) is 0.590. The maximum absolute atomic E-state index is 12.8. The first-order valence-corrected chi connectivity index (χ1v) is 11.5. The molecule has 0 bridgehead atoms. The minimum Gasteiger partial charge on any atom is -0.497 e. The highest BCUT2D eigenvalue weighted by Gasteiger charge is 2.35. The monoisotopic (exact) mass is 431 g/mol. The van der Waals surface area contributed by atoms with Crippen LogP contribution in [-0.2, 0) is 14.9 Å². The first-order valence-electron chi connectivity index (χ1n) is 11.5. The number of benzene rings is 1. The largest absolute Gasteiger partial charge is 0.497 e. The van der Waals surface area contributed by atoms with E-state index in [0.29, 0.717) is 19.8 Å². The van der Waals surface area contributed by atoms with E-state index in [4.69, 9.17) is 9.47 Å². The van der Waals surface area contributed by atoms with Crippen LogP contribution >= 0.6 is 0 Å². The average molecular weight is 432 g/mol. The Labute approximate surface area is 185 Å². The van der Waals surface area contributed by atoms with Crippen LogP contribution in [0.1, 0.15) is 57.9 Å². The number of carbonyl (C=O) groups excluding carboxylic acids is 2. The van der Waals surface area contributed by atoms with E-state index < -0.39 is 6.04 Å². The molecule has 31 heavy (non-hydrogen) atoms. The minimum absolute atomic E-state index is 0.00535. The van der Waals surface area contributed by atoms with E-state index in [2.05, 4.69) is 28.1 Å². The van der Waals surface area contributed by atoms with Gasteiger partial charge in [0.2, 0.25) is 5.91 Å². The molecule has 2 fully saturated rings. The summed E-state index contributed by atoms with van der Waals surface area (Å²) >= 11 is 0. The van der Waals surface area contributed by atoms with Crippen LogP contribution in [0, 0.1) is 5.92 Å². The Balaban J connectivity index is 1.61. The number of amides is 3. The molecule has 0 unspecified atom stereocenters. The van der Waals surface area contributed by atoms with Gasteiger partial charge in [-0.25, -0.2) is 4.79 Å². The minimum atomic E-state index is -0.549. The molecule has 1 heterocycles. The van der Waals surface area contributed by atoms with Crippen molar-refractivity contribution in [3.05, 3.63) is 29.8 Å². The van der Waals surface area contributed by atoms with Gasteiger partial charge in [-0.3, -0.25) is 4.79 Å². The fourth-order valence-corrected chi connectivity index (χ4v) is 4.61. The first-order chi connectivity index (χ1) is 14.9. The molecule has 3 N–H and O–H groups in total. The molecular weight excluding hydrogens is 394 g/mol.